The molecule has 4 nitrogen and oxygen atoms in total. The SMILES string of the molecule is [CH]CN1CC[N+](C)(CCC(=O)O)CC1. The molecule has 80 valence electrons. The fraction of sp³-hybridized carbons (Fsp3) is 0.800. The van der Waals surface area contributed by atoms with Crippen molar-refractivity contribution in [2.24, 2.45) is 0 Å². The van der Waals surface area contributed by atoms with Gasteiger partial charge in [-0.1, -0.05) is 0 Å². The number of piperazine rings is 1. The first-order chi connectivity index (χ1) is 6.56. The van der Waals surface area contributed by atoms with E-state index in [4.69, 9.17) is 12.0 Å². The maximum atomic E-state index is 10.5. The third kappa shape index (κ3) is 3.27. The van der Waals surface area contributed by atoms with Crippen LogP contribution in [-0.4, -0.2) is 66.8 Å². The van der Waals surface area contributed by atoms with E-state index in [2.05, 4.69) is 11.9 Å². The number of nitrogens with zero attached hydrogens (tertiary/aromatic N) is 2. The second kappa shape index (κ2) is 4.75. The number of aliphatic carboxylic acids is 1. The second-order valence-corrected chi connectivity index (χ2v) is 4.23. The maximum absolute atomic E-state index is 10.5. The summed E-state index contributed by atoms with van der Waals surface area (Å²) in [6.45, 7) is 10.8. The number of carboxylic acid groups (broad SMARTS) is 1. The maximum Gasteiger partial charge on any atom is 0.309 e. The number of carboxylic acids is 1. The van der Waals surface area contributed by atoms with Crippen molar-refractivity contribution in [3.63, 3.8) is 0 Å². The molecular weight excluding hydrogens is 180 g/mol. The van der Waals surface area contributed by atoms with Crippen LogP contribution in [0.15, 0.2) is 0 Å². The summed E-state index contributed by atoms with van der Waals surface area (Å²) in [5, 5.41) is 8.62. The molecule has 0 aromatic heterocycles. The number of hydrogen-bond acceptors (Lipinski definition) is 2. The van der Waals surface area contributed by atoms with Crippen LogP contribution < -0.4 is 0 Å². The average Bonchev–Trinajstić information content (AvgIpc) is 2.16. The molecule has 1 aliphatic rings. The molecule has 4 heteroatoms. The van der Waals surface area contributed by atoms with Crippen LogP contribution in [0.3, 0.4) is 0 Å². The van der Waals surface area contributed by atoms with E-state index in [0.29, 0.717) is 6.54 Å². The van der Waals surface area contributed by atoms with Crippen molar-refractivity contribution in [3.8, 4) is 0 Å². The highest BCUT2D eigenvalue weighted by Gasteiger charge is 2.28. The van der Waals surface area contributed by atoms with Crippen molar-refractivity contribution in [3.05, 3.63) is 6.92 Å². The first kappa shape index (κ1) is 11.5. The summed E-state index contributed by atoms with van der Waals surface area (Å²) in [6.07, 6.45) is 0.263. The third-order valence-electron chi connectivity index (χ3n) is 3.04. The largest absolute Gasteiger partial charge is 0.481 e. The van der Waals surface area contributed by atoms with Crippen LogP contribution in [0.4, 0.5) is 0 Å². The predicted molar refractivity (Wildman–Crippen MR) is 53.8 cm³/mol. The topological polar surface area (TPSA) is 40.5 Å². The van der Waals surface area contributed by atoms with Crippen molar-refractivity contribution in [1.29, 1.82) is 0 Å². The quantitative estimate of drug-likeness (QED) is 0.645. The van der Waals surface area contributed by atoms with E-state index < -0.39 is 5.97 Å². The van der Waals surface area contributed by atoms with E-state index in [1.165, 1.54) is 0 Å². The smallest absolute Gasteiger partial charge is 0.309 e. The first-order valence-corrected chi connectivity index (χ1v) is 5.03. The van der Waals surface area contributed by atoms with Gasteiger partial charge in [0, 0.05) is 19.6 Å². The molecule has 1 saturated heterocycles. The van der Waals surface area contributed by atoms with E-state index in [0.717, 1.165) is 37.2 Å². The van der Waals surface area contributed by atoms with Gasteiger partial charge in [0.05, 0.1) is 33.1 Å². The van der Waals surface area contributed by atoms with E-state index in [1.807, 2.05) is 0 Å². The van der Waals surface area contributed by atoms with Crippen LogP contribution in [0.2, 0.25) is 0 Å². The molecule has 1 rings (SSSR count). The van der Waals surface area contributed by atoms with Crippen LogP contribution in [0.1, 0.15) is 6.42 Å². The molecular formula is C10H19N2O2+. The van der Waals surface area contributed by atoms with E-state index in [1.54, 1.807) is 0 Å². The molecule has 1 aliphatic heterocycles. The van der Waals surface area contributed by atoms with Gasteiger partial charge >= 0.3 is 5.97 Å². The Balaban J connectivity index is 2.33. The molecule has 14 heavy (non-hydrogen) atoms. The molecule has 0 aromatic rings. The Bertz CT molecular complexity index is 198. The Labute approximate surface area is 85.7 Å². The highest BCUT2D eigenvalue weighted by molar-refractivity contribution is 5.66. The highest BCUT2D eigenvalue weighted by atomic mass is 16.4. The molecule has 1 fully saturated rings. The van der Waals surface area contributed by atoms with Crippen molar-refractivity contribution in [2.45, 2.75) is 6.42 Å². The Morgan fingerprint density at radius 3 is 2.50 bits per heavy atom. The third-order valence-corrected chi connectivity index (χ3v) is 3.04. The molecule has 0 spiro atoms. The zero-order valence-corrected chi connectivity index (χ0v) is 8.78. The van der Waals surface area contributed by atoms with Crippen molar-refractivity contribution >= 4 is 5.97 Å². The zero-order chi connectivity index (χ0) is 10.6. The molecule has 1 heterocycles. The molecule has 0 unspecified atom stereocenters. The minimum absolute atomic E-state index is 0.263. The lowest BCUT2D eigenvalue weighted by atomic mass is 10.2. The van der Waals surface area contributed by atoms with Crippen LogP contribution in [-0.2, 0) is 4.79 Å². The van der Waals surface area contributed by atoms with Crippen LogP contribution in [0.25, 0.3) is 0 Å². The van der Waals surface area contributed by atoms with Gasteiger partial charge in [0.1, 0.15) is 0 Å². The first-order valence-electron chi connectivity index (χ1n) is 5.03. The molecule has 1 N–H and O–H groups in total. The number of quaternary nitrogens is 1. The lowest BCUT2D eigenvalue weighted by Gasteiger charge is -2.41. The minimum atomic E-state index is -0.703. The van der Waals surface area contributed by atoms with Crippen molar-refractivity contribution < 1.29 is 14.4 Å². The van der Waals surface area contributed by atoms with Crippen LogP contribution in [0.5, 0.6) is 0 Å². The zero-order valence-electron chi connectivity index (χ0n) is 8.78. The van der Waals surface area contributed by atoms with Gasteiger partial charge in [0.15, 0.2) is 0 Å². The van der Waals surface area contributed by atoms with E-state index in [9.17, 15) is 4.79 Å². The summed E-state index contributed by atoms with van der Waals surface area (Å²) >= 11 is 0. The van der Waals surface area contributed by atoms with Crippen LogP contribution in [0, 0.1) is 6.92 Å². The molecule has 0 aromatic carbocycles. The number of likely N-dealkylation sites (N-methyl/N-ethyl adjacent to an activating group) is 1. The second-order valence-electron chi connectivity index (χ2n) is 4.23. The standard InChI is InChI=1S/C10H18N2O2/c1-3-11-5-8-12(2,9-6-11)7-4-10(13)14/h1H,3-9H2,2H3/p+1. The van der Waals surface area contributed by atoms with Crippen molar-refractivity contribution in [2.75, 3.05) is 46.3 Å². The summed E-state index contributed by atoms with van der Waals surface area (Å²) in [5.74, 6) is -0.703. The molecule has 0 amide bonds. The van der Waals surface area contributed by atoms with Gasteiger partial charge in [-0.2, -0.15) is 0 Å². The Hall–Kier alpha value is -0.610. The summed E-state index contributed by atoms with van der Waals surface area (Å²) in [4.78, 5) is 12.7. The van der Waals surface area contributed by atoms with Gasteiger partial charge in [-0.15, -0.1) is 0 Å². The van der Waals surface area contributed by atoms with Gasteiger partial charge in [-0.05, 0) is 6.92 Å². The molecule has 0 saturated carbocycles. The van der Waals surface area contributed by atoms with Gasteiger partial charge in [0.25, 0.3) is 0 Å². The van der Waals surface area contributed by atoms with Gasteiger partial charge in [-0.25, -0.2) is 0 Å². The van der Waals surface area contributed by atoms with Gasteiger partial charge in [0.2, 0.25) is 0 Å². The summed E-state index contributed by atoms with van der Waals surface area (Å²) in [7, 11) is 2.12. The van der Waals surface area contributed by atoms with Crippen LogP contribution >= 0.6 is 0 Å². The lowest BCUT2D eigenvalue weighted by Crippen LogP contribution is -2.57. The fourth-order valence-corrected chi connectivity index (χ4v) is 1.76. The molecule has 0 atom stereocenters. The molecule has 2 radical (unpaired) electrons. The number of rotatable bonds is 4. The Morgan fingerprint density at radius 2 is 2.07 bits per heavy atom. The highest BCUT2D eigenvalue weighted by Crippen LogP contribution is 2.10. The minimum Gasteiger partial charge on any atom is -0.481 e. The summed E-state index contributed by atoms with van der Waals surface area (Å²) in [6, 6.07) is 0. The summed E-state index contributed by atoms with van der Waals surface area (Å²) in [5.41, 5.74) is 0. The van der Waals surface area contributed by atoms with Gasteiger partial charge in [-0.3, -0.25) is 9.69 Å². The van der Waals surface area contributed by atoms with E-state index >= 15 is 0 Å². The monoisotopic (exact) mass is 199 g/mol. The predicted octanol–water partition coefficient (Wildman–Crippen LogP) is -0.0656. The lowest BCUT2D eigenvalue weighted by molar-refractivity contribution is -0.913. The number of carbonyl (C=O) groups is 1. The average molecular weight is 199 g/mol. The Morgan fingerprint density at radius 1 is 1.50 bits per heavy atom. The van der Waals surface area contributed by atoms with Crippen molar-refractivity contribution in [1.82, 2.24) is 4.90 Å². The normalized spacial score (nSPS) is 22.1. The van der Waals surface area contributed by atoms with Gasteiger partial charge < -0.3 is 9.59 Å². The number of hydrogen-bond donors (Lipinski definition) is 1. The van der Waals surface area contributed by atoms with E-state index in [-0.39, 0.29) is 6.42 Å². The summed E-state index contributed by atoms with van der Waals surface area (Å²) < 4.78 is 0.864. The molecule has 0 bridgehead atoms. The fourth-order valence-electron chi connectivity index (χ4n) is 1.76. The molecule has 0 aliphatic carbocycles. The Kier molecular flexibility index (Phi) is 3.89.